The van der Waals surface area contributed by atoms with Gasteiger partial charge in [-0.3, -0.25) is 4.79 Å². The van der Waals surface area contributed by atoms with Crippen LogP contribution >= 0.6 is 0 Å². The van der Waals surface area contributed by atoms with E-state index in [1.165, 1.54) is 12.1 Å². The molecule has 1 amide bonds. The van der Waals surface area contributed by atoms with Crippen LogP contribution < -0.4 is 19.1 Å². The lowest BCUT2D eigenvalue weighted by molar-refractivity contribution is -0.286. The van der Waals surface area contributed by atoms with Crippen LogP contribution in [0.25, 0.3) is 11.3 Å². The number of likely N-dealkylation sites (tertiary alicyclic amines) is 2. The van der Waals surface area contributed by atoms with Gasteiger partial charge in [-0.2, -0.15) is 15.2 Å². The Morgan fingerprint density at radius 1 is 1.28 bits per heavy atom. The largest absolute Gasteiger partial charge is 0.586 e. The molecule has 6 rings (SSSR count). The second kappa shape index (κ2) is 9.34. The van der Waals surface area contributed by atoms with E-state index in [0.29, 0.717) is 38.6 Å². The van der Waals surface area contributed by atoms with Crippen molar-refractivity contribution in [1.29, 1.82) is 5.26 Å². The number of carbonyl (C=O) groups is 1. The van der Waals surface area contributed by atoms with Crippen LogP contribution in [-0.2, 0) is 4.79 Å². The standard InChI is InChI=1S/C27H28F2N6O4/c1-3-21(36)35-15-26(16-35)9-11-34(14-26)24-19(12-30)22(18-7-4-8-20-23(18)39-27(28,29)38-20)31-25(32-24)37-13-17-6-5-10-33(17)2/h3-4,7-8,17H,1,5-6,9-11,13-16H2,2H3. The number of hydrogen-bond donors (Lipinski definition) is 0. The Kier molecular flexibility index (Phi) is 6.06. The maximum absolute atomic E-state index is 14.0. The first-order chi connectivity index (χ1) is 18.7. The van der Waals surface area contributed by atoms with Crippen LogP contribution in [0.3, 0.4) is 0 Å². The molecular weight excluding hydrogens is 510 g/mol. The Morgan fingerprint density at radius 2 is 2.10 bits per heavy atom. The number of likely N-dealkylation sites (N-methyl/N-ethyl adjacent to an activating group) is 1. The summed E-state index contributed by atoms with van der Waals surface area (Å²) < 4.78 is 43.5. The van der Waals surface area contributed by atoms with Crippen molar-refractivity contribution in [1.82, 2.24) is 19.8 Å². The highest BCUT2D eigenvalue weighted by atomic mass is 19.3. The molecule has 1 unspecified atom stereocenters. The summed E-state index contributed by atoms with van der Waals surface area (Å²) in [6, 6.07) is 6.92. The quantitative estimate of drug-likeness (QED) is 0.514. The summed E-state index contributed by atoms with van der Waals surface area (Å²) in [5, 5.41) is 10.3. The fraction of sp³-hybridized carbons (Fsp3) is 0.481. The molecule has 1 spiro atoms. The second-order valence-corrected chi connectivity index (χ2v) is 10.6. The molecule has 2 aromatic rings. The van der Waals surface area contributed by atoms with Gasteiger partial charge in [0.05, 0.1) is 0 Å². The molecule has 0 radical (unpaired) electrons. The topological polar surface area (TPSA) is 104 Å². The number of aromatic nitrogens is 2. The first-order valence-electron chi connectivity index (χ1n) is 12.9. The summed E-state index contributed by atoms with van der Waals surface area (Å²) in [4.78, 5) is 27.1. The van der Waals surface area contributed by atoms with Gasteiger partial charge in [0, 0.05) is 43.2 Å². The van der Waals surface area contributed by atoms with Gasteiger partial charge in [-0.1, -0.05) is 12.6 Å². The summed E-state index contributed by atoms with van der Waals surface area (Å²) in [5.74, 6) is -0.0738. The molecule has 4 aliphatic rings. The fourth-order valence-corrected chi connectivity index (χ4v) is 5.96. The Labute approximate surface area is 224 Å². The number of ether oxygens (including phenoxy) is 3. The number of halogens is 2. The molecule has 5 heterocycles. The van der Waals surface area contributed by atoms with E-state index in [0.717, 1.165) is 25.8 Å². The van der Waals surface area contributed by atoms with E-state index < -0.39 is 6.29 Å². The zero-order valence-corrected chi connectivity index (χ0v) is 21.5. The predicted octanol–water partition coefficient (Wildman–Crippen LogP) is 3.03. The predicted molar refractivity (Wildman–Crippen MR) is 136 cm³/mol. The second-order valence-electron chi connectivity index (χ2n) is 10.6. The Bertz CT molecular complexity index is 1370. The molecule has 39 heavy (non-hydrogen) atoms. The Morgan fingerprint density at radius 3 is 2.82 bits per heavy atom. The third-order valence-corrected chi connectivity index (χ3v) is 8.02. The maximum atomic E-state index is 14.0. The molecule has 3 fully saturated rings. The highest BCUT2D eigenvalue weighted by Gasteiger charge is 2.50. The van der Waals surface area contributed by atoms with Crippen molar-refractivity contribution in [2.45, 2.75) is 31.6 Å². The van der Waals surface area contributed by atoms with Crippen molar-refractivity contribution in [3.63, 3.8) is 0 Å². The van der Waals surface area contributed by atoms with E-state index in [2.05, 4.69) is 32.3 Å². The van der Waals surface area contributed by atoms with Crippen LogP contribution in [0.4, 0.5) is 14.6 Å². The van der Waals surface area contributed by atoms with Gasteiger partial charge < -0.3 is 28.9 Å². The molecule has 10 nitrogen and oxygen atoms in total. The number of nitriles is 1. The van der Waals surface area contributed by atoms with Crippen molar-refractivity contribution in [2.24, 2.45) is 5.41 Å². The highest BCUT2D eigenvalue weighted by Crippen LogP contribution is 2.49. The van der Waals surface area contributed by atoms with Crippen LogP contribution in [0, 0.1) is 16.7 Å². The highest BCUT2D eigenvalue weighted by molar-refractivity contribution is 5.88. The van der Waals surface area contributed by atoms with Gasteiger partial charge in [0.1, 0.15) is 23.9 Å². The van der Waals surface area contributed by atoms with Crippen LogP contribution in [0.5, 0.6) is 17.5 Å². The number of alkyl halides is 2. The van der Waals surface area contributed by atoms with Gasteiger partial charge in [-0.15, -0.1) is 8.78 Å². The molecule has 0 N–H and O–H groups in total. The summed E-state index contributed by atoms with van der Waals surface area (Å²) in [6.45, 7) is 7.26. The van der Waals surface area contributed by atoms with Gasteiger partial charge in [-0.05, 0) is 51.1 Å². The zero-order valence-electron chi connectivity index (χ0n) is 21.5. The monoisotopic (exact) mass is 538 g/mol. The Hall–Kier alpha value is -3.98. The van der Waals surface area contributed by atoms with Crippen LogP contribution in [-0.4, -0.2) is 84.4 Å². The first-order valence-corrected chi connectivity index (χ1v) is 12.9. The smallest absolute Gasteiger partial charge is 0.462 e. The lowest BCUT2D eigenvalue weighted by Crippen LogP contribution is -2.59. The first kappa shape index (κ1) is 25.3. The van der Waals surface area contributed by atoms with Crippen molar-refractivity contribution >= 4 is 11.7 Å². The number of hydrogen-bond acceptors (Lipinski definition) is 9. The van der Waals surface area contributed by atoms with E-state index >= 15 is 0 Å². The molecule has 3 saturated heterocycles. The number of fused-ring (bicyclic) bond motifs is 1. The van der Waals surface area contributed by atoms with Gasteiger partial charge >= 0.3 is 12.3 Å². The van der Waals surface area contributed by atoms with Crippen molar-refractivity contribution < 1.29 is 27.8 Å². The lowest BCUT2D eigenvalue weighted by Gasteiger charge is -2.47. The molecule has 0 bridgehead atoms. The number of rotatable bonds is 6. The van der Waals surface area contributed by atoms with Crippen molar-refractivity contribution in [2.75, 3.05) is 51.3 Å². The van der Waals surface area contributed by atoms with Crippen LogP contribution in [0.1, 0.15) is 24.8 Å². The molecule has 204 valence electrons. The van der Waals surface area contributed by atoms with Crippen LogP contribution in [0.2, 0.25) is 0 Å². The zero-order chi connectivity index (χ0) is 27.4. The van der Waals surface area contributed by atoms with Crippen LogP contribution in [0.15, 0.2) is 30.9 Å². The van der Waals surface area contributed by atoms with E-state index in [9.17, 15) is 18.8 Å². The molecule has 0 saturated carbocycles. The average molecular weight is 539 g/mol. The van der Waals surface area contributed by atoms with E-state index in [1.54, 1.807) is 17.0 Å². The fourth-order valence-electron chi connectivity index (χ4n) is 5.96. The number of carbonyl (C=O) groups excluding carboxylic acids is 1. The molecule has 1 aromatic carbocycles. The molecule has 12 heteroatoms. The lowest BCUT2D eigenvalue weighted by atomic mass is 9.79. The number of nitrogens with zero attached hydrogens (tertiary/aromatic N) is 6. The summed E-state index contributed by atoms with van der Waals surface area (Å²) >= 11 is 0. The van der Waals surface area contributed by atoms with Gasteiger partial charge in [-0.25, -0.2) is 0 Å². The molecule has 0 aliphatic carbocycles. The molecular formula is C27H28F2N6O4. The summed E-state index contributed by atoms with van der Waals surface area (Å²) in [7, 11) is 2.03. The van der Waals surface area contributed by atoms with Crippen molar-refractivity contribution in [3.05, 3.63) is 36.4 Å². The van der Waals surface area contributed by atoms with Gasteiger partial charge in [0.15, 0.2) is 17.3 Å². The van der Waals surface area contributed by atoms with E-state index in [1.807, 2.05) is 11.9 Å². The third-order valence-electron chi connectivity index (χ3n) is 8.02. The van der Waals surface area contributed by atoms with E-state index in [4.69, 9.17) is 9.47 Å². The minimum absolute atomic E-state index is 0.0561. The summed E-state index contributed by atoms with van der Waals surface area (Å²) in [5.41, 5.74) is 0.335. The Balaban J connectivity index is 1.37. The van der Waals surface area contributed by atoms with Crippen molar-refractivity contribution in [3.8, 4) is 34.8 Å². The number of amides is 1. The maximum Gasteiger partial charge on any atom is 0.586 e. The number of para-hydroxylation sites is 1. The molecule has 1 aromatic heterocycles. The average Bonchev–Trinajstić information content (AvgIpc) is 3.60. The SMILES string of the molecule is C=CC(=O)N1CC2(CCN(c3nc(OCC4CCCN4C)nc(-c4cccc5c4OC(F)(F)O5)c3C#N)C2)C1. The number of benzene rings is 1. The minimum atomic E-state index is -3.83. The molecule has 4 aliphatic heterocycles. The van der Waals surface area contributed by atoms with Gasteiger partial charge in [0.25, 0.3) is 0 Å². The summed E-state index contributed by atoms with van der Waals surface area (Å²) in [6.07, 6.45) is 0.341. The minimum Gasteiger partial charge on any atom is -0.462 e. The normalized spacial score (nSPS) is 22.6. The number of anilines is 1. The third kappa shape index (κ3) is 4.50. The molecule has 1 atom stereocenters. The van der Waals surface area contributed by atoms with Gasteiger partial charge in [0.2, 0.25) is 5.91 Å². The van der Waals surface area contributed by atoms with E-state index in [-0.39, 0.29) is 51.7 Å².